The van der Waals surface area contributed by atoms with Gasteiger partial charge in [0.2, 0.25) is 5.90 Å². The van der Waals surface area contributed by atoms with Crippen LogP contribution in [0.1, 0.15) is 37.8 Å². The molecule has 9 heteroatoms. The number of rotatable bonds is 7. The first-order chi connectivity index (χ1) is 14.8. The van der Waals surface area contributed by atoms with Gasteiger partial charge >= 0.3 is 11.9 Å². The molecule has 3 rings (SSSR count). The van der Waals surface area contributed by atoms with E-state index in [0.717, 1.165) is 3.57 Å². The van der Waals surface area contributed by atoms with Crippen LogP contribution in [0.3, 0.4) is 0 Å². The molecule has 1 heterocycles. The van der Waals surface area contributed by atoms with E-state index in [0.29, 0.717) is 34.9 Å². The summed E-state index contributed by atoms with van der Waals surface area (Å²) in [6.07, 6.45) is 2.43. The monoisotopic (exact) mass is 573 g/mol. The summed E-state index contributed by atoms with van der Waals surface area (Å²) in [4.78, 5) is 28.6. The number of halogens is 3. The predicted octanol–water partition coefficient (Wildman–Crippen LogP) is 6.05. The van der Waals surface area contributed by atoms with Crippen molar-refractivity contribution in [2.45, 2.75) is 26.7 Å². The Morgan fingerprint density at radius 1 is 1.19 bits per heavy atom. The number of benzene rings is 2. The first-order valence-electron chi connectivity index (χ1n) is 9.47. The van der Waals surface area contributed by atoms with Crippen LogP contribution in [0, 0.1) is 3.57 Å². The molecule has 0 aromatic heterocycles. The topological polar surface area (TPSA) is 74.2 Å². The minimum absolute atomic E-state index is 0.0826. The van der Waals surface area contributed by atoms with E-state index < -0.39 is 11.9 Å². The van der Waals surface area contributed by atoms with Crippen molar-refractivity contribution in [3.8, 4) is 11.5 Å². The average Bonchev–Trinajstić information content (AvgIpc) is 3.07. The maximum Gasteiger partial charge on any atom is 0.363 e. The number of hydrogen-bond acceptors (Lipinski definition) is 6. The van der Waals surface area contributed by atoms with Crippen molar-refractivity contribution in [1.29, 1.82) is 0 Å². The van der Waals surface area contributed by atoms with E-state index in [1.807, 2.05) is 13.0 Å². The summed E-state index contributed by atoms with van der Waals surface area (Å²) >= 11 is 14.7. The Morgan fingerprint density at radius 3 is 2.68 bits per heavy atom. The minimum Gasteiger partial charge on any atom is -0.490 e. The number of carbonyl (C=O) groups excluding carboxylic acids is 2. The third-order valence-electron chi connectivity index (χ3n) is 4.08. The number of cyclic esters (lactones) is 1. The Morgan fingerprint density at radius 2 is 1.97 bits per heavy atom. The second-order valence-corrected chi connectivity index (χ2v) is 8.51. The standard InChI is InChI=1S/C22H18Cl2INO5/c1-3-5-19(27)30-20-16(24)8-12(10-18(20)29-4-2)9-17-22(28)31-21(26-17)14-11-13(25)6-7-15(14)23/h6-11H,3-5H2,1-2H3/b17-9-. The zero-order valence-electron chi connectivity index (χ0n) is 16.7. The molecule has 0 fully saturated rings. The summed E-state index contributed by atoms with van der Waals surface area (Å²) in [7, 11) is 0. The molecule has 0 bridgehead atoms. The number of nitrogens with zero attached hydrogens (tertiary/aromatic N) is 1. The predicted molar refractivity (Wildman–Crippen MR) is 128 cm³/mol. The summed E-state index contributed by atoms with van der Waals surface area (Å²) in [5.41, 5.74) is 1.14. The molecule has 0 radical (unpaired) electrons. The van der Waals surface area contributed by atoms with Gasteiger partial charge in [-0.1, -0.05) is 30.1 Å². The molecule has 0 saturated carbocycles. The fourth-order valence-corrected chi connectivity index (χ4v) is 3.69. The van der Waals surface area contributed by atoms with Crippen molar-refractivity contribution in [3.63, 3.8) is 0 Å². The first kappa shape index (κ1) is 23.6. The minimum atomic E-state index is -0.613. The highest BCUT2D eigenvalue weighted by Gasteiger charge is 2.26. The van der Waals surface area contributed by atoms with Crippen LogP contribution in [0.5, 0.6) is 11.5 Å². The Labute approximate surface area is 203 Å². The Hall–Kier alpha value is -2.10. The van der Waals surface area contributed by atoms with Crippen molar-refractivity contribution < 1.29 is 23.8 Å². The normalized spacial score (nSPS) is 14.4. The fraction of sp³-hybridized carbons (Fsp3) is 0.227. The highest BCUT2D eigenvalue weighted by Crippen LogP contribution is 2.38. The molecular formula is C22H18Cl2INO5. The highest BCUT2D eigenvalue weighted by molar-refractivity contribution is 14.1. The summed E-state index contributed by atoms with van der Waals surface area (Å²) in [5, 5.41) is 0.603. The van der Waals surface area contributed by atoms with Gasteiger partial charge in [-0.25, -0.2) is 9.79 Å². The molecule has 162 valence electrons. The van der Waals surface area contributed by atoms with E-state index in [2.05, 4.69) is 27.6 Å². The van der Waals surface area contributed by atoms with Crippen LogP contribution in [-0.2, 0) is 14.3 Å². The van der Waals surface area contributed by atoms with Crippen LogP contribution in [-0.4, -0.2) is 24.4 Å². The van der Waals surface area contributed by atoms with Gasteiger partial charge in [-0.15, -0.1) is 0 Å². The molecule has 0 aliphatic carbocycles. The van der Waals surface area contributed by atoms with Crippen molar-refractivity contribution >= 4 is 69.7 Å². The van der Waals surface area contributed by atoms with E-state index in [9.17, 15) is 9.59 Å². The fourth-order valence-electron chi connectivity index (χ4n) is 2.75. The van der Waals surface area contributed by atoms with E-state index in [1.165, 1.54) is 6.08 Å². The summed E-state index contributed by atoms with van der Waals surface area (Å²) in [6, 6.07) is 8.51. The molecule has 0 unspecified atom stereocenters. The van der Waals surface area contributed by atoms with Gasteiger partial charge in [0, 0.05) is 9.99 Å². The molecule has 0 atom stereocenters. The van der Waals surface area contributed by atoms with Gasteiger partial charge in [0.1, 0.15) is 0 Å². The Kier molecular flexibility index (Phi) is 7.96. The van der Waals surface area contributed by atoms with Crippen LogP contribution in [0.2, 0.25) is 10.0 Å². The van der Waals surface area contributed by atoms with E-state index in [4.69, 9.17) is 37.4 Å². The maximum absolute atomic E-state index is 12.4. The quantitative estimate of drug-likeness (QED) is 0.174. The van der Waals surface area contributed by atoms with Gasteiger partial charge in [-0.2, -0.15) is 0 Å². The van der Waals surface area contributed by atoms with Crippen LogP contribution in [0.15, 0.2) is 41.0 Å². The third-order valence-corrected chi connectivity index (χ3v) is 5.37. The number of hydrogen-bond donors (Lipinski definition) is 0. The van der Waals surface area contributed by atoms with Crippen molar-refractivity contribution in [2.75, 3.05) is 6.61 Å². The lowest BCUT2D eigenvalue weighted by Crippen LogP contribution is -2.09. The summed E-state index contributed by atoms with van der Waals surface area (Å²) in [5.74, 6) is -0.451. The lowest BCUT2D eigenvalue weighted by atomic mass is 10.1. The molecule has 2 aromatic carbocycles. The molecular weight excluding hydrogens is 556 g/mol. The van der Waals surface area contributed by atoms with Gasteiger partial charge < -0.3 is 14.2 Å². The van der Waals surface area contributed by atoms with E-state index in [-0.39, 0.29) is 28.8 Å². The smallest absolute Gasteiger partial charge is 0.363 e. The van der Waals surface area contributed by atoms with Crippen molar-refractivity contribution in [1.82, 2.24) is 0 Å². The second-order valence-electron chi connectivity index (χ2n) is 6.45. The van der Waals surface area contributed by atoms with Crippen LogP contribution in [0.4, 0.5) is 0 Å². The molecule has 31 heavy (non-hydrogen) atoms. The van der Waals surface area contributed by atoms with Gasteiger partial charge in [0.25, 0.3) is 0 Å². The molecule has 1 aliphatic rings. The van der Waals surface area contributed by atoms with E-state index >= 15 is 0 Å². The van der Waals surface area contributed by atoms with Gasteiger partial charge in [-0.3, -0.25) is 4.79 Å². The Bertz CT molecular complexity index is 1100. The first-order valence-corrected chi connectivity index (χ1v) is 11.3. The summed E-state index contributed by atoms with van der Waals surface area (Å²) in [6.45, 7) is 4.01. The van der Waals surface area contributed by atoms with E-state index in [1.54, 1.807) is 31.2 Å². The van der Waals surface area contributed by atoms with Crippen molar-refractivity contribution in [2.24, 2.45) is 4.99 Å². The number of carbonyl (C=O) groups is 2. The summed E-state index contributed by atoms with van der Waals surface area (Å²) < 4.78 is 17.2. The SMILES string of the molecule is CCCC(=O)Oc1c(Cl)cc(/C=C2\N=C(c3cc(I)ccc3Cl)OC2=O)cc1OCC. The second kappa shape index (κ2) is 10.5. The average molecular weight is 574 g/mol. The van der Waals surface area contributed by atoms with Crippen LogP contribution in [0.25, 0.3) is 6.08 Å². The molecule has 0 amide bonds. The largest absolute Gasteiger partial charge is 0.490 e. The van der Waals surface area contributed by atoms with Gasteiger partial charge in [-0.05, 0) is 77.9 Å². The zero-order chi connectivity index (χ0) is 22.5. The molecule has 1 aliphatic heterocycles. The number of ether oxygens (including phenoxy) is 3. The molecule has 0 saturated heterocycles. The molecule has 0 N–H and O–H groups in total. The molecule has 2 aromatic rings. The highest BCUT2D eigenvalue weighted by atomic mass is 127. The van der Waals surface area contributed by atoms with Crippen LogP contribution >= 0.6 is 45.8 Å². The lowest BCUT2D eigenvalue weighted by molar-refractivity contribution is -0.134. The lowest BCUT2D eigenvalue weighted by Gasteiger charge is -2.13. The van der Waals surface area contributed by atoms with Crippen LogP contribution < -0.4 is 9.47 Å². The zero-order valence-corrected chi connectivity index (χ0v) is 20.4. The van der Waals surface area contributed by atoms with Crippen molar-refractivity contribution in [3.05, 3.63) is 60.8 Å². The maximum atomic E-state index is 12.4. The number of aliphatic imine (C=N–C) groups is 1. The third kappa shape index (κ3) is 5.78. The van der Waals surface area contributed by atoms with Gasteiger partial charge in [0.15, 0.2) is 17.2 Å². The Balaban J connectivity index is 1.97. The number of esters is 2. The van der Waals surface area contributed by atoms with Gasteiger partial charge in [0.05, 0.1) is 22.2 Å². The molecule has 6 nitrogen and oxygen atoms in total. The molecule has 0 spiro atoms.